The third kappa shape index (κ3) is 3.36. The molecule has 0 aliphatic carbocycles. The van der Waals surface area contributed by atoms with Crippen molar-refractivity contribution in [1.82, 2.24) is 15.5 Å². The molecule has 0 saturated heterocycles. The summed E-state index contributed by atoms with van der Waals surface area (Å²) in [6, 6.07) is 11.1. The van der Waals surface area contributed by atoms with Crippen LogP contribution in [0.5, 0.6) is 0 Å². The van der Waals surface area contributed by atoms with Crippen molar-refractivity contribution in [1.29, 1.82) is 0 Å². The van der Waals surface area contributed by atoms with E-state index in [0.29, 0.717) is 12.3 Å². The van der Waals surface area contributed by atoms with Crippen LogP contribution in [0.1, 0.15) is 16.1 Å². The number of carbonyl (C=O) groups is 1. The average molecular weight is 351 g/mol. The molecular formula is C18H13N3O3S. The van der Waals surface area contributed by atoms with E-state index in [1.807, 2.05) is 35.7 Å². The van der Waals surface area contributed by atoms with Crippen molar-refractivity contribution in [3.05, 3.63) is 71.7 Å². The predicted molar refractivity (Wildman–Crippen MR) is 92.9 cm³/mol. The summed E-state index contributed by atoms with van der Waals surface area (Å²) in [4.78, 5) is 17.4. The fraction of sp³-hybridized carbons (Fsp3) is 0.0556. The van der Waals surface area contributed by atoms with Gasteiger partial charge in [-0.25, -0.2) is 0 Å². The summed E-state index contributed by atoms with van der Waals surface area (Å²) in [5.74, 6) is 1.02. The number of hydrogen-bond acceptors (Lipinski definition) is 6. The predicted octanol–water partition coefficient (Wildman–Crippen LogP) is 3.99. The van der Waals surface area contributed by atoms with Crippen LogP contribution >= 0.6 is 11.3 Å². The molecular weight excluding hydrogens is 338 g/mol. The molecule has 0 spiro atoms. The Hall–Kier alpha value is -3.19. The van der Waals surface area contributed by atoms with Gasteiger partial charge in [0.25, 0.3) is 5.91 Å². The minimum absolute atomic E-state index is 0.249. The van der Waals surface area contributed by atoms with Crippen molar-refractivity contribution in [3.8, 4) is 22.0 Å². The van der Waals surface area contributed by atoms with Crippen LogP contribution in [0.3, 0.4) is 0 Å². The van der Waals surface area contributed by atoms with Gasteiger partial charge in [-0.3, -0.25) is 9.78 Å². The van der Waals surface area contributed by atoms with Gasteiger partial charge in [-0.05, 0) is 35.2 Å². The molecule has 7 heteroatoms. The Kier molecular flexibility index (Phi) is 4.14. The zero-order valence-corrected chi connectivity index (χ0v) is 13.8. The van der Waals surface area contributed by atoms with Crippen LogP contribution in [0, 0.1) is 0 Å². The van der Waals surface area contributed by atoms with E-state index in [1.54, 1.807) is 24.7 Å². The minimum atomic E-state index is -0.296. The van der Waals surface area contributed by atoms with Crippen LogP contribution < -0.4 is 5.32 Å². The van der Waals surface area contributed by atoms with Gasteiger partial charge >= 0.3 is 0 Å². The van der Waals surface area contributed by atoms with Gasteiger partial charge < -0.3 is 14.3 Å². The molecule has 25 heavy (non-hydrogen) atoms. The number of pyridine rings is 1. The summed E-state index contributed by atoms with van der Waals surface area (Å²) >= 11 is 1.53. The largest absolute Gasteiger partial charge is 0.464 e. The Morgan fingerprint density at radius 1 is 1.16 bits per heavy atom. The van der Waals surface area contributed by atoms with Gasteiger partial charge in [0.05, 0.1) is 11.1 Å². The molecule has 1 N–H and O–H groups in total. The topological polar surface area (TPSA) is 81.2 Å². The van der Waals surface area contributed by atoms with E-state index >= 15 is 0 Å². The van der Waals surface area contributed by atoms with Crippen LogP contribution in [-0.4, -0.2) is 16.0 Å². The molecule has 4 aromatic heterocycles. The van der Waals surface area contributed by atoms with E-state index in [2.05, 4.69) is 15.5 Å². The molecule has 0 aliphatic rings. The van der Waals surface area contributed by atoms with Crippen molar-refractivity contribution in [2.75, 3.05) is 0 Å². The Balaban J connectivity index is 1.43. The van der Waals surface area contributed by atoms with Gasteiger partial charge in [0.2, 0.25) is 0 Å². The molecule has 0 radical (unpaired) electrons. The summed E-state index contributed by atoms with van der Waals surface area (Å²) in [6.45, 7) is 0.335. The normalized spacial score (nSPS) is 10.7. The number of carbonyl (C=O) groups excluding carboxylic acids is 1. The lowest BCUT2D eigenvalue weighted by atomic mass is 10.1. The van der Waals surface area contributed by atoms with Gasteiger partial charge in [-0.15, -0.1) is 11.3 Å². The van der Waals surface area contributed by atoms with Crippen molar-refractivity contribution >= 4 is 17.2 Å². The number of aromatic nitrogens is 2. The van der Waals surface area contributed by atoms with Gasteiger partial charge in [0.15, 0.2) is 11.5 Å². The number of nitrogens with one attached hydrogen (secondary N) is 1. The zero-order chi connectivity index (χ0) is 17.1. The van der Waals surface area contributed by atoms with Gasteiger partial charge in [-0.1, -0.05) is 11.2 Å². The van der Waals surface area contributed by atoms with E-state index < -0.39 is 0 Å². The van der Waals surface area contributed by atoms with Crippen LogP contribution in [0.25, 0.3) is 22.0 Å². The van der Waals surface area contributed by atoms with Crippen LogP contribution in [-0.2, 0) is 6.54 Å². The van der Waals surface area contributed by atoms with Crippen molar-refractivity contribution in [2.45, 2.75) is 6.54 Å². The first kappa shape index (κ1) is 15.3. The first-order chi connectivity index (χ1) is 12.3. The first-order valence-electron chi connectivity index (χ1n) is 7.56. The summed E-state index contributed by atoms with van der Waals surface area (Å²) in [5, 5.41) is 8.59. The maximum absolute atomic E-state index is 12.2. The van der Waals surface area contributed by atoms with Gasteiger partial charge in [-0.2, -0.15) is 0 Å². The minimum Gasteiger partial charge on any atom is -0.464 e. The van der Waals surface area contributed by atoms with Crippen LogP contribution in [0.4, 0.5) is 0 Å². The molecule has 4 aromatic rings. The molecule has 0 saturated carbocycles. The second-order valence-corrected chi connectivity index (χ2v) is 6.24. The molecule has 1 amide bonds. The molecule has 4 heterocycles. The SMILES string of the molecule is O=C(NCc1cncc(-c2ccco2)c1)c1cc(-c2cccs2)on1. The fourth-order valence-electron chi connectivity index (χ4n) is 2.35. The highest BCUT2D eigenvalue weighted by Crippen LogP contribution is 2.25. The summed E-state index contributed by atoms with van der Waals surface area (Å²) < 4.78 is 10.6. The third-order valence-electron chi connectivity index (χ3n) is 3.56. The maximum Gasteiger partial charge on any atom is 0.273 e. The number of furan rings is 1. The lowest BCUT2D eigenvalue weighted by Crippen LogP contribution is -2.23. The Bertz CT molecular complexity index is 975. The standard InChI is InChI=1S/C18H13N3O3S/c22-18(14-8-16(24-21-14)17-4-2-6-25-17)20-10-12-7-13(11-19-9-12)15-3-1-5-23-15/h1-9,11H,10H2,(H,20,22). The molecule has 0 fully saturated rings. The number of rotatable bonds is 5. The average Bonchev–Trinajstić information content (AvgIpc) is 3.41. The quantitative estimate of drug-likeness (QED) is 0.588. The van der Waals surface area contributed by atoms with Gasteiger partial charge in [0.1, 0.15) is 5.76 Å². The molecule has 124 valence electrons. The summed E-state index contributed by atoms with van der Waals surface area (Å²) in [5.41, 5.74) is 1.97. The smallest absolute Gasteiger partial charge is 0.273 e. The van der Waals surface area contributed by atoms with Crippen molar-refractivity contribution < 1.29 is 13.7 Å². The van der Waals surface area contributed by atoms with Gasteiger partial charge in [0, 0.05) is 30.6 Å². The van der Waals surface area contributed by atoms with E-state index in [-0.39, 0.29) is 11.6 Å². The number of amides is 1. The lowest BCUT2D eigenvalue weighted by molar-refractivity contribution is 0.0942. The molecule has 0 bridgehead atoms. The Morgan fingerprint density at radius 3 is 2.92 bits per heavy atom. The second-order valence-electron chi connectivity index (χ2n) is 5.30. The molecule has 6 nitrogen and oxygen atoms in total. The molecule has 0 atom stereocenters. The Morgan fingerprint density at radius 2 is 2.12 bits per heavy atom. The summed E-state index contributed by atoms with van der Waals surface area (Å²) in [7, 11) is 0. The number of thiophene rings is 1. The first-order valence-corrected chi connectivity index (χ1v) is 8.44. The molecule has 4 rings (SSSR count). The molecule has 0 aromatic carbocycles. The highest BCUT2D eigenvalue weighted by atomic mass is 32.1. The van der Waals surface area contributed by atoms with Crippen LogP contribution in [0.2, 0.25) is 0 Å². The Labute approximate surface area is 147 Å². The van der Waals surface area contributed by atoms with E-state index in [1.165, 1.54) is 11.3 Å². The van der Waals surface area contributed by atoms with E-state index in [0.717, 1.165) is 21.8 Å². The lowest BCUT2D eigenvalue weighted by Gasteiger charge is -2.04. The van der Waals surface area contributed by atoms with Crippen molar-refractivity contribution in [2.24, 2.45) is 0 Å². The van der Waals surface area contributed by atoms with E-state index in [9.17, 15) is 4.79 Å². The second kappa shape index (κ2) is 6.74. The highest BCUT2D eigenvalue weighted by molar-refractivity contribution is 7.13. The third-order valence-corrected chi connectivity index (χ3v) is 4.44. The number of hydrogen-bond donors (Lipinski definition) is 1. The molecule has 0 unspecified atom stereocenters. The zero-order valence-electron chi connectivity index (χ0n) is 13.0. The summed E-state index contributed by atoms with van der Waals surface area (Å²) in [6.07, 6.45) is 5.03. The van der Waals surface area contributed by atoms with E-state index in [4.69, 9.17) is 8.94 Å². The highest BCUT2D eigenvalue weighted by Gasteiger charge is 2.14. The number of nitrogens with zero attached hydrogens (tertiary/aromatic N) is 2. The fourth-order valence-corrected chi connectivity index (χ4v) is 3.03. The maximum atomic E-state index is 12.2. The van der Waals surface area contributed by atoms with Crippen LogP contribution in [0.15, 0.2) is 69.4 Å². The monoisotopic (exact) mass is 351 g/mol. The van der Waals surface area contributed by atoms with Crippen molar-refractivity contribution in [3.63, 3.8) is 0 Å². The molecule has 0 aliphatic heterocycles.